The van der Waals surface area contributed by atoms with Gasteiger partial charge in [0.1, 0.15) is 5.76 Å². The summed E-state index contributed by atoms with van der Waals surface area (Å²) >= 11 is 0. The van der Waals surface area contributed by atoms with Gasteiger partial charge in [-0.25, -0.2) is 0 Å². The van der Waals surface area contributed by atoms with Crippen molar-refractivity contribution in [2.24, 2.45) is 0 Å². The van der Waals surface area contributed by atoms with E-state index in [0.717, 1.165) is 19.3 Å². The Labute approximate surface area is 96.4 Å². The molecule has 1 N–H and O–H groups in total. The van der Waals surface area contributed by atoms with Gasteiger partial charge < -0.3 is 4.42 Å². The van der Waals surface area contributed by atoms with Crippen molar-refractivity contribution in [1.82, 2.24) is 0 Å². The zero-order valence-corrected chi connectivity index (χ0v) is 10.3. The van der Waals surface area contributed by atoms with E-state index in [1.54, 1.807) is 6.07 Å². The van der Waals surface area contributed by atoms with E-state index < -0.39 is 10.1 Å². The van der Waals surface area contributed by atoms with Gasteiger partial charge in [0.2, 0.25) is 5.09 Å². The van der Waals surface area contributed by atoms with Gasteiger partial charge in [0.25, 0.3) is 0 Å². The summed E-state index contributed by atoms with van der Waals surface area (Å²) in [6.07, 6.45) is 6.46. The largest absolute Gasteiger partial charge is 0.447 e. The Morgan fingerprint density at radius 2 is 1.88 bits per heavy atom. The van der Waals surface area contributed by atoms with Crippen molar-refractivity contribution in [3.8, 4) is 0 Å². The fourth-order valence-corrected chi connectivity index (χ4v) is 1.99. The highest BCUT2D eigenvalue weighted by Gasteiger charge is 2.14. The lowest BCUT2D eigenvalue weighted by Crippen LogP contribution is -1.94. The molecule has 0 aromatic carbocycles. The second-order valence-corrected chi connectivity index (χ2v) is 5.21. The Hall–Kier alpha value is -0.810. The van der Waals surface area contributed by atoms with Gasteiger partial charge in [-0.1, -0.05) is 32.6 Å². The molecule has 0 aliphatic heterocycles. The van der Waals surface area contributed by atoms with Crippen LogP contribution in [0, 0.1) is 0 Å². The monoisotopic (exact) mass is 246 g/mol. The molecule has 0 bridgehead atoms. The molecule has 16 heavy (non-hydrogen) atoms. The molecule has 1 heterocycles. The fourth-order valence-electron chi connectivity index (χ4n) is 1.53. The summed E-state index contributed by atoms with van der Waals surface area (Å²) in [5.74, 6) is 0.615. The molecule has 0 aliphatic rings. The lowest BCUT2D eigenvalue weighted by atomic mass is 10.1. The molecule has 4 nitrogen and oxygen atoms in total. The molecule has 0 saturated heterocycles. The van der Waals surface area contributed by atoms with E-state index >= 15 is 0 Å². The van der Waals surface area contributed by atoms with E-state index in [1.165, 1.54) is 25.3 Å². The summed E-state index contributed by atoms with van der Waals surface area (Å²) in [5.41, 5.74) is 0. The van der Waals surface area contributed by atoms with Crippen molar-refractivity contribution in [2.45, 2.75) is 50.5 Å². The molecule has 0 unspecified atom stereocenters. The maximum atomic E-state index is 10.7. The Morgan fingerprint density at radius 1 is 1.19 bits per heavy atom. The number of hydrogen-bond donors (Lipinski definition) is 1. The highest BCUT2D eigenvalue weighted by molar-refractivity contribution is 7.85. The second kappa shape index (κ2) is 6.06. The minimum absolute atomic E-state index is 0.365. The Balaban J connectivity index is 2.36. The SMILES string of the molecule is CCCCCCCc1ccc(S(=O)(=O)O)o1. The quantitative estimate of drug-likeness (QED) is 0.593. The molecular formula is C11H18O4S. The van der Waals surface area contributed by atoms with Crippen LogP contribution >= 0.6 is 0 Å². The van der Waals surface area contributed by atoms with Gasteiger partial charge in [-0.15, -0.1) is 0 Å². The molecule has 0 saturated carbocycles. The Bertz CT molecular complexity index is 405. The van der Waals surface area contributed by atoms with Crippen LogP contribution in [0.5, 0.6) is 0 Å². The van der Waals surface area contributed by atoms with Gasteiger partial charge in [0.05, 0.1) is 0 Å². The van der Waals surface area contributed by atoms with Crippen molar-refractivity contribution in [2.75, 3.05) is 0 Å². The third-order valence-corrected chi connectivity index (χ3v) is 3.15. The van der Waals surface area contributed by atoms with Crippen LogP contribution < -0.4 is 0 Å². The highest BCUT2D eigenvalue weighted by Crippen LogP contribution is 2.16. The third-order valence-electron chi connectivity index (χ3n) is 2.42. The summed E-state index contributed by atoms with van der Waals surface area (Å²) in [6.45, 7) is 2.16. The van der Waals surface area contributed by atoms with Crippen LogP contribution in [0.15, 0.2) is 21.6 Å². The summed E-state index contributed by atoms with van der Waals surface area (Å²) in [5, 5.41) is -0.365. The first-order chi connectivity index (χ1) is 7.54. The zero-order chi connectivity index (χ0) is 12.0. The van der Waals surface area contributed by atoms with Gasteiger partial charge in [-0.2, -0.15) is 8.42 Å². The fraction of sp³-hybridized carbons (Fsp3) is 0.636. The minimum Gasteiger partial charge on any atom is -0.447 e. The maximum absolute atomic E-state index is 10.7. The molecule has 0 aliphatic carbocycles. The van der Waals surface area contributed by atoms with E-state index in [-0.39, 0.29) is 5.09 Å². The summed E-state index contributed by atoms with van der Waals surface area (Å²) in [7, 11) is -4.19. The van der Waals surface area contributed by atoms with Crippen LogP contribution in [0.2, 0.25) is 0 Å². The standard InChI is InChI=1S/C11H18O4S/c1-2-3-4-5-6-7-10-8-9-11(15-10)16(12,13)14/h8-9H,2-7H2,1H3,(H,12,13,14). The minimum atomic E-state index is -4.19. The van der Waals surface area contributed by atoms with Gasteiger partial charge in [-0.05, 0) is 18.6 Å². The lowest BCUT2D eigenvalue weighted by Gasteiger charge is -1.97. The second-order valence-electron chi connectivity index (χ2n) is 3.86. The first kappa shape index (κ1) is 13.3. The third kappa shape index (κ3) is 4.37. The van der Waals surface area contributed by atoms with Crippen molar-refractivity contribution in [1.29, 1.82) is 0 Å². The van der Waals surface area contributed by atoms with Crippen molar-refractivity contribution >= 4 is 10.1 Å². The van der Waals surface area contributed by atoms with Gasteiger partial charge in [0, 0.05) is 6.42 Å². The van der Waals surface area contributed by atoms with E-state index in [1.807, 2.05) is 0 Å². The summed E-state index contributed by atoms with van der Waals surface area (Å²) < 4.78 is 35.2. The molecule has 0 spiro atoms. The lowest BCUT2D eigenvalue weighted by molar-refractivity contribution is 0.381. The Kier molecular flexibility index (Phi) is 5.02. The van der Waals surface area contributed by atoms with Crippen LogP contribution in [0.4, 0.5) is 0 Å². The van der Waals surface area contributed by atoms with Gasteiger partial charge in [-0.3, -0.25) is 4.55 Å². The molecular weight excluding hydrogens is 228 g/mol. The highest BCUT2D eigenvalue weighted by atomic mass is 32.2. The van der Waals surface area contributed by atoms with Crippen LogP contribution in [0.1, 0.15) is 44.8 Å². The maximum Gasteiger partial charge on any atom is 0.328 e. The van der Waals surface area contributed by atoms with E-state index in [4.69, 9.17) is 8.97 Å². The topological polar surface area (TPSA) is 67.5 Å². The first-order valence-electron chi connectivity index (χ1n) is 5.60. The molecule has 0 atom stereocenters. The van der Waals surface area contributed by atoms with Crippen molar-refractivity contribution in [3.05, 3.63) is 17.9 Å². The predicted octanol–water partition coefficient (Wildman–Crippen LogP) is 3.04. The average molecular weight is 246 g/mol. The number of furan rings is 1. The van der Waals surface area contributed by atoms with E-state index in [2.05, 4.69) is 6.92 Å². The molecule has 92 valence electrons. The Morgan fingerprint density at radius 3 is 2.44 bits per heavy atom. The number of aryl methyl sites for hydroxylation is 1. The van der Waals surface area contributed by atoms with Crippen LogP contribution in [0.3, 0.4) is 0 Å². The van der Waals surface area contributed by atoms with Crippen molar-refractivity contribution in [3.63, 3.8) is 0 Å². The molecule has 5 heteroatoms. The zero-order valence-electron chi connectivity index (χ0n) is 9.48. The number of unbranched alkanes of at least 4 members (excludes halogenated alkanes) is 4. The van der Waals surface area contributed by atoms with Crippen molar-refractivity contribution < 1.29 is 17.4 Å². The first-order valence-corrected chi connectivity index (χ1v) is 7.04. The number of hydrogen-bond acceptors (Lipinski definition) is 3. The summed E-state index contributed by atoms with van der Waals surface area (Å²) in [4.78, 5) is 0. The molecule has 1 rings (SSSR count). The van der Waals surface area contributed by atoms with Crippen LogP contribution in [0.25, 0.3) is 0 Å². The molecule has 1 aromatic rings. The predicted molar refractivity (Wildman–Crippen MR) is 61.0 cm³/mol. The van der Waals surface area contributed by atoms with E-state index in [0.29, 0.717) is 5.76 Å². The average Bonchev–Trinajstić information content (AvgIpc) is 2.65. The van der Waals surface area contributed by atoms with Crippen LogP contribution in [-0.2, 0) is 16.5 Å². The molecule has 0 radical (unpaired) electrons. The molecule has 0 amide bonds. The van der Waals surface area contributed by atoms with Gasteiger partial charge >= 0.3 is 10.1 Å². The smallest absolute Gasteiger partial charge is 0.328 e. The number of rotatable bonds is 7. The van der Waals surface area contributed by atoms with Crippen LogP contribution in [-0.4, -0.2) is 13.0 Å². The van der Waals surface area contributed by atoms with Gasteiger partial charge in [0.15, 0.2) is 0 Å². The molecule has 1 aromatic heterocycles. The molecule has 0 fully saturated rings. The normalized spacial score (nSPS) is 11.9. The van der Waals surface area contributed by atoms with E-state index in [9.17, 15) is 8.42 Å². The summed E-state index contributed by atoms with van der Waals surface area (Å²) in [6, 6.07) is 2.89.